The number of carbonyl (C=O) groups excluding carboxylic acids is 1. The third-order valence-corrected chi connectivity index (χ3v) is 3.64. The highest BCUT2D eigenvalue weighted by atomic mass is 35.5. The van der Waals surface area contributed by atoms with E-state index in [1.54, 1.807) is 18.2 Å². The first-order chi connectivity index (χ1) is 8.56. The zero-order valence-corrected chi connectivity index (χ0v) is 12.0. The second kappa shape index (κ2) is 8.87. The van der Waals surface area contributed by atoms with Crippen molar-refractivity contribution < 1.29 is 13.2 Å². The van der Waals surface area contributed by atoms with Crippen molar-refractivity contribution in [3.8, 4) is 0 Å². The Morgan fingerprint density at radius 2 is 1.79 bits per heavy atom. The maximum Gasteiger partial charge on any atom is 0.240 e. The highest BCUT2D eigenvalue weighted by Crippen LogP contribution is 2.06. The van der Waals surface area contributed by atoms with Crippen LogP contribution in [0.15, 0.2) is 35.2 Å². The van der Waals surface area contributed by atoms with Crippen LogP contribution in [0.25, 0.3) is 0 Å². The smallest absolute Gasteiger partial charge is 0.240 e. The molecule has 0 bridgehead atoms. The van der Waals surface area contributed by atoms with Crippen LogP contribution < -0.4 is 15.8 Å². The molecule has 6 nitrogen and oxygen atoms in total. The van der Waals surface area contributed by atoms with Crippen LogP contribution in [-0.4, -0.2) is 34.0 Å². The molecule has 1 rings (SSSR count). The molecule has 0 fully saturated rings. The standard InChI is InChI=1S/C11H17N3O3S.ClH/c12-7-6-11(15)13-8-9-14-18(16,17)10-4-2-1-3-5-10;/h1-5,14H,6-9,12H2,(H,13,15);1H. The van der Waals surface area contributed by atoms with Crippen LogP contribution in [0.5, 0.6) is 0 Å². The van der Waals surface area contributed by atoms with Gasteiger partial charge in [0.25, 0.3) is 0 Å². The van der Waals surface area contributed by atoms with Gasteiger partial charge in [0.15, 0.2) is 0 Å². The van der Waals surface area contributed by atoms with Gasteiger partial charge in [-0.05, 0) is 12.1 Å². The maximum atomic E-state index is 11.8. The highest BCUT2D eigenvalue weighted by Gasteiger charge is 2.11. The van der Waals surface area contributed by atoms with Crippen LogP contribution in [0, 0.1) is 0 Å². The van der Waals surface area contributed by atoms with Crippen LogP contribution in [0.3, 0.4) is 0 Å². The minimum Gasteiger partial charge on any atom is -0.355 e. The van der Waals surface area contributed by atoms with Gasteiger partial charge in [-0.1, -0.05) is 18.2 Å². The maximum absolute atomic E-state index is 11.8. The van der Waals surface area contributed by atoms with Gasteiger partial charge in [0, 0.05) is 26.1 Å². The summed E-state index contributed by atoms with van der Waals surface area (Å²) in [6, 6.07) is 8.06. The molecule has 1 aromatic carbocycles. The molecule has 0 aliphatic heterocycles. The van der Waals surface area contributed by atoms with E-state index in [1.807, 2.05) is 0 Å². The number of hydrogen-bond acceptors (Lipinski definition) is 4. The molecule has 0 spiro atoms. The fourth-order valence-electron chi connectivity index (χ4n) is 1.29. The molecular formula is C11H18ClN3O3S. The summed E-state index contributed by atoms with van der Waals surface area (Å²) in [5.41, 5.74) is 5.21. The summed E-state index contributed by atoms with van der Waals surface area (Å²) in [7, 11) is -3.50. The Labute approximate surface area is 119 Å². The fraction of sp³-hybridized carbons (Fsp3) is 0.364. The first kappa shape index (κ1) is 17.8. The number of carbonyl (C=O) groups is 1. The van der Waals surface area contributed by atoms with Crippen LogP contribution in [0.1, 0.15) is 6.42 Å². The second-order valence-electron chi connectivity index (χ2n) is 3.60. The first-order valence-electron chi connectivity index (χ1n) is 5.58. The Morgan fingerprint density at radius 3 is 2.37 bits per heavy atom. The summed E-state index contributed by atoms with van der Waals surface area (Å²) in [4.78, 5) is 11.3. The zero-order chi connectivity index (χ0) is 13.4. The number of rotatable bonds is 7. The summed E-state index contributed by atoms with van der Waals surface area (Å²) < 4.78 is 25.9. The molecule has 0 unspecified atom stereocenters. The minimum atomic E-state index is -3.50. The number of nitrogens with two attached hydrogens (primary N) is 1. The van der Waals surface area contributed by atoms with E-state index >= 15 is 0 Å². The zero-order valence-electron chi connectivity index (χ0n) is 10.3. The van der Waals surface area contributed by atoms with E-state index in [2.05, 4.69) is 10.0 Å². The van der Waals surface area contributed by atoms with E-state index in [0.29, 0.717) is 0 Å². The molecule has 0 heterocycles. The Hall–Kier alpha value is -1.15. The summed E-state index contributed by atoms with van der Waals surface area (Å²) in [5, 5.41) is 2.56. The lowest BCUT2D eigenvalue weighted by Gasteiger charge is -2.07. The lowest BCUT2D eigenvalue weighted by atomic mass is 10.4. The third-order valence-electron chi connectivity index (χ3n) is 2.16. The van der Waals surface area contributed by atoms with Crippen LogP contribution in [0.2, 0.25) is 0 Å². The molecule has 1 aromatic rings. The van der Waals surface area contributed by atoms with Gasteiger partial charge in [-0.15, -0.1) is 12.4 Å². The molecule has 0 radical (unpaired) electrons. The predicted molar refractivity (Wildman–Crippen MR) is 75.6 cm³/mol. The van der Waals surface area contributed by atoms with Crippen molar-refractivity contribution in [2.75, 3.05) is 19.6 Å². The number of nitrogens with one attached hydrogen (secondary N) is 2. The first-order valence-corrected chi connectivity index (χ1v) is 7.06. The fourth-order valence-corrected chi connectivity index (χ4v) is 2.34. The molecule has 0 aliphatic carbocycles. The molecule has 108 valence electrons. The monoisotopic (exact) mass is 307 g/mol. The Morgan fingerprint density at radius 1 is 1.16 bits per heavy atom. The largest absolute Gasteiger partial charge is 0.355 e. The molecule has 0 aliphatic rings. The molecular weight excluding hydrogens is 290 g/mol. The van der Waals surface area contributed by atoms with Crippen molar-refractivity contribution in [3.05, 3.63) is 30.3 Å². The van der Waals surface area contributed by atoms with Crippen molar-refractivity contribution in [2.24, 2.45) is 5.73 Å². The van der Waals surface area contributed by atoms with E-state index in [1.165, 1.54) is 12.1 Å². The molecule has 0 saturated heterocycles. The molecule has 4 N–H and O–H groups in total. The number of benzene rings is 1. The van der Waals surface area contributed by atoms with E-state index < -0.39 is 10.0 Å². The molecule has 0 aromatic heterocycles. The predicted octanol–water partition coefficient (Wildman–Crippen LogP) is -0.148. The normalized spacial score (nSPS) is 10.6. The van der Waals surface area contributed by atoms with E-state index in [0.717, 1.165) is 0 Å². The van der Waals surface area contributed by atoms with Gasteiger partial charge >= 0.3 is 0 Å². The van der Waals surface area contributed by atoms with Crippen molar-refractivity contribution in [2.45, 2.75) is 11.3 Å². The lowest BCUT2D eigenvalue weighted by Crippen LogP contribution is -2.35. The third kappa shape index (κ3) is 6.53. The Kier molecular flexibility index (Phi) is 8.33. The Bertz CT molecular complexity index is 479. The average molecular weight is 308 g/mol. The number of halogens is 1. The van der Waals surface area contributed by atoms with Gasteiger partial charge < -0.3 is 11.1 Å². The van der Waals surface area contributed by atoms with Crippen molar-refractivity contribution >= 4 is 28.3 Å². The number of hydrogen-bond donors (Lipinski definition) is 3. The summed E-state index contributed by atoms with van der Waals surface area (Å²) in [6.45, 7) is 0.667. The summed E-state index contributed by atoms with van der Waals surface area (Å²) in [6.07, 6.45) is 0.242. The van der Waals surface area contributed by atoms with E-state index in [9.17, 15) is 13.2 Å². The van der Waals surface area contributed by atoms with Crippen molar-refractivity contribution in [1.29, 1.82) is 0 Å². The van der Waals surface area contributed by atoms with E-state index in [-0.39, 0.29) is 49.3 Å². The average Bonchev–Trinajstić information content (AvgIpc) is 2.36. The van der Waals surface area contributed by atoms with Gasteiger partial charge in [-0.2, -0.15) is 0 Å². The second-order valence-corrected chi connectivity index (χ2v) is 5.37. The van der Waals surface area contributed by atoms with Gasteiger partial charge in [-0.25, -0.2) is 13.1 Å². The van der Waals surface area contributed by atoms with Gasteiger partial charge in [0.1, 0.15) is 0 Å². The minimum absolute atomic E-state index is 0. The van der Waals surface area contributed by atoms with Gasteiger partial charge in [0.2, 0.25) is 15.9 Å². The lowest BCUT2D eigenvalue weighted by molar-refractivity contribution is -0.120. The van der Waals surface area contributed by atoms with Crippen LogP contribution >= 0.6 is 12.4 Å². The molecule has 19 heavy (non-hydrogen) atoms. The van der Waals surface area contributed by atoms with Crippen molar-refractivity contribution in [1.82, 2.24) is 10.0 Å². The summed E-state index contributed by atoms with van der Waals surface area (Å²) >= 11 is 0. The van der Waals surface area contributed by atoms with Gasteiger partial charge in [-0.3, -0.25) is 4.79 Å². The topological polar surface area (TPSA) is 101 Å². The molecule has 8 heteroatoms. The molecule has 0 saturated carbocycles. The van der Waals surface area contributed by atoms with Gasteiger partial charge in [0.05, 0.1) is 4.90 Å². The number of sulfonamides is 1. The molecule has 1 amide bonds. The quantitative estimate of drug-likeness (QED) is 0.610. The molecule has 0 atom stereocenters. The highest BCUT2D eigenvalue weighted by molar-refractivity contribution is 7.89. The van der Waals surface area contributed by atoms with E-state index in [4.69, 9.17) is 5.73 Å². The summed E-state index contributed by atoms with van der Waals surface area (Å²) in [5.74, 6) is -0.184. The van der Waals surface area contributed by atoms with Crippen LogP contribution in [0.4, 0.5) is 0 Å². The number of amides is 1. The Balaban J connectivity index is 0.00000324. The van der Waals surface area contributed by atoms with Crippen LogP contribution in [-0.2, 0) is 14.8 Å². The van der Waals surface area contributed by atoms with Crippen molar-refractivity contribution in [3.63, 3.8) is 0 Å². The SMILES string of the molecule is Cl.NCCC(=O)NCCNS(=O)(=O)c1ccccc1.